The predicted octanol–water partition coefficient (Wildman–Crippen LogP) is 3.22. The largest absolute Gasteiger partial charge is 0.408 e. The number of rotatable bonds is 4. The Morgan fingerprint density at radius 1 is 1.11 bits per heavy atom. The Hall–Kier alpha value is -2.05. The summed E-state index contributed by atoms with van der Waals surface area (Å²) in [6.07, 6.45) is 0. The number of benzene rings is 1. The van der Waals surface area contributed by atoms with Gasteiger partial charge in [0.05, 0.1) is 0 Å². The van der Waals surface area contributed by atoms with Crippen molar-refractivity contribution in [3.63, 3.8) is 0 Å². The molecule has 0 bridgehead atoms. The Labute approximate surface area is 107 Å². The number of halogens is 3. The molecule has 0 fully saturated rings. The van der Waals surface area contributed by atoms with E-state index in [4.69, 9.17) is 4.42 Å². The molecule has 2 rings (SSSR count). The first-order valence-corrected chi connectivity index (χ1v) is 5.68. The molecule has 1 heterocycles. The van der Waals surface area contributed by atoms with Gasteiger partial charge in [0.1, 0.15) is 5.82 Å². The van der Waals surface area contributed by atoms with E-state index in [1.807, 2.05) is 13.8 Å². The van der Waals surface area contributed by atoms with Gasteiger partial charge in [-0.15, -0.1) is 5.10 Å². The fourth-order valence-electron chi connectivity index (χ4n) is 1.41. The summed E-state index contributed by atoms with van der Waals surface area (Å²) in [6, 6.07) is 1.39. The maximum absolute atomic E-state index is 13.4. The SMILES string of the molecule is CC(C)c1nnc(NCc2cc(F)c(F)cc2F)o1. The maximum atomic E-state index is 13.4. The van der Waals surface area contributed by atoms with Crippen molar-refractivity contribution in [2.75, 3.05) is 5.32 Å². The lowest BCUT2D eigenvalue weighted by Gasteiger charge is -2.04. The summed E-state index contributed by atoms with van der Waals surface area (Å²) in [5.74, 6) is -2.65. The van der Waals surface area contributed by atoms with Gasteiger partial charge >= 0.3 is 6.01 Å². The van der Waals surface area contributed by atoms with Gasteiger partial charge in [-0.1, -0.05) is 18.9 Å². The van der Waals surface area contributed by atoms with Crippen molar-refractivity contribution in [1.29, 1.82) is 0 Å². The number of nitrogens with zero attached hydrogens (tertiary/aromatic N) is 2. The van der Waals surface area contributed by atoms with E-state index in [0.717, 1.165) is 6.07 Å². The second kappa shape index (κ2) is 5.29. The molecule has 0 aliphatic carbocycles. The van der Waals surface area contributed by atoms with Crippen LogP contribution in [-0.2, 0) is 6.54 Å². The Kier molecular flexibility index (Phi) is 3.73. The summed E-state index contributed by atoms with van der Waals surface area (Å²) < 4.78 is 44.3. The number of hydrogen-bond donors (Lipinski definition) is 1. The van der Waals surface area contributed by atoms with Gasteiger partial charge in [0.15, 0.2) is 11.6 Å². The van der Waals surface area contributed by atoms with Crippen molar-refractivity contribution in [1.82, 2.24) is 10.2 Å². The highest BCUT2D eigenvalue weighted by atomic mass is 19.2. The van der Waals surface area contributed by atoms with E-state index in [-0.39, 0.29) is 24.0 Å². The molecule has 4 nitrogen and oxygen atoms in total. The number of hydrogen-bond acceptors (Lipinski definition) is 4. The van der Waals surface area contributed by atoms with Crippen LogP contribution in [0.3, 0.4) is 0 Å². The Morgan fingerprint density at radius 2 is 1.79 bits per heavy atom. The first-order valence-electron chi connectivity index (χ1n) is 5.68. The van der Waals surface area contributed by atoms with Crippen LogP contribution >= 0.6 is 0 Å². The van der Waals surface area contributed by atoms with Crippen LogP contribution in [0.1, 0.15) is 31.2 Å². The number of anilines is 1. The van der Waals surface area contributed by atoms with Gasteiger partial charge in [0.25, 0.3) is 0 Å². The summed E-state index contributed by atoms with van der Waals surface area (Å²) in [5, 5.41) is 10.1. The van der Waals surface area contributed by atoms with E-state index in [0.29, 0.717) is 12.0 Å². The third-order valence-corrected chi connectivity index (χ3v) is 2.45. The van der Waals surface area contributed by atoms with Gasteiger partial charge in [0.2, 0.25) is 5.89 Å². The lowest BCUT2D eigenvalue weighted by Crippen LogP contribution is -2.04. The van der Waals surface area contributed by atoms with Crippen LogP contribution in [0.5, 0.6) is 0 Å². The minimum absolute atomic E-state index is 0.0248. The number of nitrogens with one attached hydrogen (secondary N) is 1. The van der Waals surface area contributed by atoms with Gasteiger partial charge in [-0.3, -0.25) is 0 Å². The van der Waals surface area contributed by atoms with Gasteiger partial charge in [0, 0.05) is 24.1 Å². The van der Waals surface area contributed by atoms with Crippen molar-refractivity contribution in [3.05, 3.63) is 41.0 Å². The van der Waals surface area contributed by atoms with E-state index in [2.05, 4.69) is 15.5 Å². The molecule has 0 saturated carbocycles. The Morgan fingerprint density at radius 3 is 2.42 bits per heavy atom. The molecule has 1 N–H and O–H groups in total. The molecule has 0 amide bonds. The first kappa shape index (κ1) is 13.4. The number of aromatic nitrogens is 2. The summed E-state index contributed by atoms with van der Waals surface area (Å²) >= 11 is 0. The van der Waals surface area contributed by atoms with Crippen LogP contribution in [0.25, 0.3) is 0 Å². The molecule has 0 atom stereocenters. The van der Waals surface area contributed by atoms with Crippen LogP contribution in [0.15, 0.2) is 16.5 Å². The van der Waals surface area contributed by atoms with E-state index in [1.54, 1.807) is 0 Å². The van der Waals surface area contributed by atoms with E-state index in [9.17, 15) is 13.2 Å². The summed E-state index contributed by atoms with van der Waals surface area (Å²) in [5.41, 5.74) is -0.0248. The van der Waals surface area contributed by atoms with Gasteiger partial charge < -0.3 is 9.73 Å². The van der Waals surface area contributed by atoms with Crippen molar-refractivity contribution >= 4 is 6.01 Å². The van der Waals surface area contributed by atoms with Gasteiger partial charge in [-0.25, -0.2) is 13.2 Å². The third kappa shape index (κ3) is 3.04. The van der Waals surface area contributed by atoms with Crippen LogP contribution in [0.2, 0.25) is 0 Å². The minimum atomic E-state index is -1.22. The van der Waals surface area contributed by atoms with Crippen molar-refractivity contribution in [2.45, 2.75) is 26.3 Å². The predicted molar refractivity (Wildman–Crippen MR) is 62.0 cm³/mol. The quantitative estimate of drug-likeness (QED) is 0.867. The third-order valence-electron chi connectivity index (χ3n) is 2.45. The van der Waals surface area contributed by atoms with Crippen LogP contribution in [-0.4, -0.2) is 10.2 Å². The van der Waals surface area contributed by atoms with E-state index in [1.165, 1.54) is 0 Å². The summed E-state index contributed by atoms with van der Waals surface area (Å²) in [4.78, 5) is 0. The molecule has 0 unspecified atom stereocenters. The second-order valence-corrected chi connectivity index (χ2v) is 4.31. The monoisotopic (exact) mass is 271 g/mol. The molecule has 1 aromatic carbocycles. The smallest absolute Gasteiger partial charge is 0.315 e. The van der Waals surface area contributed by atoms with E-state index < -0.39 is 17.5 Å². The Bertz CT molecular complexity index is 584. The van der Waals surface area contributed by atoms with Gasteiger partial charge in [-0.05, 0) is 6.07 Å². The molecular formula is C12H12F3N3O. The van der Waals surface area contributed by atoms with Crippen LogP contribution in [0, 0.1) is 17.5 Å². The van der Waals surface area contributed by atoms with Crippen LogP contribution in [0.4, 0.5) is 19.2 Å². The molecule has 0 saturated heterocycles. The molecule has 0 aliphatic heterocycles. The van der Waals surface area contributed by atoms with Crippen LogP contribution < -0.4 is 5.32 Å². The standard InChI is InChI=1S/C12H12F3N3O/c1-6(2)11-17-18-12(19-11)16-5-7-3-9(14)10(15)4-8(7)13/h3-4,6H,5H2,1-2H3,(H,16,18). The molecule has 1 aromatic heterocycles. The van der Waals surface area contributed by atoms with Gasteiger partial charge in [-0.2, -0.15) is 0 Å². The highest BCUT2D eigenvalue weighted by molar-refractivity contribution is 5.26. The fourth-order valence-corrected chi connectivity index (χ4v) is 1.41. The average Bonchev–Trinajstić information content (AvgIpc) is 2.81. The summed E-state index contributed by atoms with van der Waals surface area (Å²) in [7, 11) is 0. The molecule has 19 heavy (non-hydrogen) atoms. The lowest BCUT2D eigenvalue weighted by molar-refractivity contribution is 0.477. The minimum Gasteiger partial charge on any atom is -0.408 e. The molecule has 0 radical (unpaired) electrons. The lowest BCUT2D eigenvalue weighted by atomic mass is 10.2. The molecule has 0 spiro atoms. The zero-order valence-electron chi connectivity index (χ0n) is 10.4. The molecule has 0 aliphatic rings. The highest BCUT2D eigenvalue weighted by Gasteiger charge is 2.12. The zero-order chi connectivity index (χ0) is 14.0. The van der Waals surface area contributed by atoms with Crippen molar-refractivity contribution in [3.8, 4) is 0 Å². The average molecular weight is 271 g/mol. The zero-order valence-corrected chi connectivity index (χ0v) is 10.4. The fraction of sp³-hybridized carbons (Fsp3) is 0.333. The molecule has 102 valence electrons. The molecule has 2 aromatic rings. The highest BCUT2D eigenvalue weighted by Crippen LogP contribution is 2.17. The normalized spacial score (nSPS) is 11.1. The molecule has 7 heteroatoms. The Balaban J connectivity index is 2.07. The second-order valence-electron chi connectivity index (χ2n) is 4.31. The topological polar surface area (TPSA) is 51.0 Å². The maximum Gasteiger partial charge on any atom is 0.315 e. The molecular weight excluding hydrogens is 259 g/mol. The van der Waals surface area contributed by atoms with Crippen molar-refractivity contribution < 1.29 is 17.6 Å². The van der Waals surface area contributed by atoms with Crippen molar-refractivity contribution in [2.24, 2.45) is 0 Å². The first-order chi connectivity index (χ1) is 8.97. The van der Waals surface area contributed by atoms with E-state index >= 15 is 0 Å². The summed E-state index contributed by atoms with van der Waals surface area (Å²) in [6.45, 7) is 3.68.